The van der Waals surface area contributed by atoms with Crippen LogP contribution in [0.2, 0.25) is 5.02 Å². The molecule has 0 saturated heterocycles. The topological polar surface area (TPSA) is 86.8 Å². The second-order valence-corrected chi connectivity index (χ2v) is 13.8. The highest BCUT2D eigenvalue weighted by molar-refractivity contribution is 7.92. The fraction of sp³-hybridized carbons (Fsp3) is 0.412. The van der Waals surface area contributed by atoms with Gasteiger partial charge >= 0.3 is 0 Å². The smallest absolute Gasteiger partial charge is 0.243 e. The van der Waals surface area contributed by atoms with Gasteiger partial charge in [-0.05, 0) is 73.6 Å². The number of halogens is 1. The van der Waals surface area contributed by atoms with Gasteiger partial charge in [0.15, 0.2) is 0 Å². The van der Waals surface area contributed by atoms with Gasteiger partial charge in [-0.1, -0.05) is 79.0 Å². The molecule has 0 unspecified atom stereocenters. The molecule has 7 nitrogen and oxygen atoms in total. The van der Waals surface area contributed by atoms with E-state index < -0.39 is 16.1 Å². The monoisotopic (exact) mass is 623 g/mol. The molecule has 1 atom stereocenters. The van der Waals surface area contributed by atoms with E-state index in [2.05, 4.69) is 5.32 Å². The van der Waals surface area contributed by atoms with Crippen molar-refractivity contribution in [2.45, 2.75) is 77.4 Å². The van der Waals surface area contributed by atoms with Gasteiger partial charge in [-0.2, -0.15) is 0 Å². The Morgan fingerprint density at radius 1 is 0.953 bits per heavy atom. The van der Waals surface area contributed by atoms with Crippen molar-refractivity contribution in [3.8, 4) is 0 Å². The van der Waals surface area contributed by atoms with E-state index in [1.54, 1.807) is 17.0 Å². The number of rotatable bonds is 13. The molecule has 0 spiro atoms. The van der Waals surface area contributed by atoms with E-state index in [0.29, 0.717) is 23.6 Å². The van der Waals surface area contributed by atoms with Gasteiger partial charge in [-0.15, -0.1) is 0 Å². The Kier molecular flexibility index (Phi) is 11.3. The second-order valence-electron chi connectivity index (χ2n) is 11.5. The third-order valence-corrected chi connectivity index (χ3v) is 9.76. The van der Waals surface area contributed by atoms with Gasteiger partial charge < -0.3 is 10.2 Å². The van der Waals surface area contributed by atoms with Crippen molar-refractivity contribution >= 4 is 39.1 Å². The van der Waals surface area contributed by atoms with Gasteiger partial charge in [0.1, 0.15) is 6.04 Å². The Bertz CT molecular complexity index is 1510. The number of aryl methyl sites for hydroxylation is 2. The summed E-state index contributed by atoms with van der Waals surface area (Å²) in [4.78, 5) is 29.5. The van der Waals surface area contributed by atoms with Crippen molar-refractivity contribution in [2.75, 3.05) is 17.1 Å². The maximum atomic E-state index is 14.0. The minimum Gasteiger partial charge on any atom is -0.352 e. The van der Waals surface area contributed by atoms with E-state index >= 15 is 0 Å². The molecule has 1 N–H and O–H groups in total. The van der Waals surface area contributed by atoms with Gasteiger partial charge in [0, 0.05) is 37.0 Å². The number of anilines is 1. The molecule has 230 valence electrons. The summed E-state index contributed by atoms with van der Waals surface area (Å²) < 4.78 is 26.8. The van der Waals surface area contributed by atoms with E-state index in [9.17, 15) is 18.0 Å². The van der Waals surface area contributed by atoms with Crippen LogP contribution in [0.4, 0.5) is 5.69 Å². The molecule has 2 amide bonds. The SMILES string of the molecule is Cc1ccc(N(CCCC(=O)N(Cc2ccccc2Cl)[C@H](Cc2ccccc2)C(=O)NC2CCCC2)S(C)(=O)=O)cc1C. The first kappa shape index (κ1) is 32.6. The Balaban J connectivity index is 1.59. The molecule has 3 aromatic rings. The quantitative estimate of drug-likeness (QED) is 0.246. The Labute approximate surface area is 261 Å². The molecule has 0 bridgehead atoms. The Morgan fingerprint density at radius 3 is 2.28 bits per heavy atom. The van der Waals surface area contributed by atoms with Crippen LogP contribution in [0.1, 0.15) is 60.8 Å². The normalized spacial score (nSPS) is 14.3. The molecule has 4 rings (SSSR count). The minimum atomic E-state index is -3.58. The summed E-state index contributed by atoms with van der Waals surface area (Å²) in [6.07, 6.45) is 5.92. The zero-order valence-corrected chi connectivity index (χ0v) is 26.8. The predicted octanol–water partition coefficient (Wildman–Crippen LogP) is 6.20. The summed E-state index contributed by atoms with van der Waals surface area (Å²) in [5, 5.41) is 3.73. The standard InChI is InChI=1S/C34H42ClN3O4S/c1-25-19-20-30(22-26(25)2)38(43(3,41)42)21-11-18-33(39)37(24-28-14-7-10-17-31(28)35)32(23-27-12-5-4-6-13-27)34(40)36-29-15-8-9-16-29/h4-7,10,12-14,17,19-20,22,29,32H,8-9,11,15-16,18,21,23-24H2,1-3H3,(H,36,40)/t32-/m1/s1. The average molecular weight is 624 g/mol. The number of hydrogen-bond acceptors (Lipinski definition) is 4. The van der Waals surface area contributed by atoms with Crippen LogP contribution in [0.25, 0.3) is 0 Å². The zero-order chi connectivity index (χ0) is 31.0. The summed E-state index contributed by atoms with van der Waals surface area (Å²) in [5.74, 6) is -0.403. The van der Waals surface area contributed by atoms with Crippen LogP contribution in [-0.2, 0) is 32.6 Å². The Hall–Kier alpha value is -3.36. The third-order valence-electron chi connectivity index (χ3n) is 8.20. The molecular formula is C34H42ClN3O4S. The van der Waals surface area contributed by atoms with Crippen molar-refractivity contribution in [3.63, 3.8) is 0 Å². The minimum absolute atomic E-state index is 0.0727. The van der Waals surface area contributed by atoms with Crippen molar-refractivity contribution in [1.29, 1.82) is 0 Å². The number of benzene rings is 3. The van der Waals surface area contributed by atoms with Crippen LogP contribution in [0.3, 0.4) is 0 Å². The lowest BCUT2D eigenvalue weighted by Gasteiger charge is -2.33. The fourth-order valence-corrected chi connectivity index (χ4v) is 6.77. The van der Waals surface area contributed by atoms with Crippen LogP contribution in [0.5, 0.6) is 0 Å². The summed E-state index contributed by atoms with van der Waals surface area (Å²) in [6, 6.07) is 21.9. The van der Waals surface area contributed by atoms with E-state index in [-0.39, 0.29) is 37.4 Å². The molecule has 43 heavy (non-hydrogen) atoms. The first-order valence-electron chi connectivity index (χ1n) is 14.9. The maximum Gasteiger partial charge on any atom is 0.243 e. The van der Waals surface area contributed by atoms with E-state index in [1.807, 2.05) is 74.5 Å². The van der Waals surface area contributed by atoms with Crippen molar-refractivity contribution in [3.05, 3.63) is 100 Å². The number of carbonyl (C=O) groups excluding carboxylic acids is 2. The fourth-order valence-electron chi connectivity index (χ4n) is 5.62. The van der Waals surface area contributed by atoms with Gasteiger partial charge in [0.25, 0.3) is 0 Å². The first-order valence-corrected chi connectivity index (χ1v) is 17.2. The van der Waals surface area contributed by atoms with Crippen molar-refractivity contribution in [1.82, 2.24) is 10.2 Å². The lowest BCUT2D eigenvalue weighted by molar-refractivity contribution is -0.141. The van der Waals surface area contributed by atoms with Crippen LogP contribution in [-0.4, -0.2) is 50.0 Å². The zero-order valence-electron chi connectivity index (χ0n) is 25.3. The molecule has 0 radical (unpaired) electrons. The van der Waals surface area contributed by atoms with Gasteiger partial charge in [0.2, 0.25) is 21.8 Å². The molecule has 1 saturated carbocycles. The maximum absolute atomic E-state index is 14.0. The van der Waals surface area contributed by atoms with Gasteiger partial charge in [-0.3, -0.25) is 13.9 Å². The number of carbonyl (C=O) groups is 2. The Morgan fingerprint density at radius 2 is 1.63 bits per heavy atom. The molecule has 9 heteroatoms. The van der Waals surface area contributed by atoms with E-state index in [4.69, 9.17) is 11.6 Å². The number of sulfonamides is 1. The average Bonchev–Trinajstić information content (AvgIpc) is 3.48. The van der Waals surface area contributed by atoms with Gasteiger partial charge in [0.05, 0.1) is 11.9 Å². The van der Waals surface area contributed by atoms with Gasteiger partial charge in [-0.25, -0.2) is 8.42 Å². The highest BCUT2D eigenvalue weighted by Gasteiger charge is 2.32. The van der Waals surface area contributed by atoms with Crippen LogP contribution >= 0.6 is 11.6 Å². The van der Waals surface area contributed by atoms with E-state index in [1.165, 1.54) is 10.6 Å². The predicted molar refractivity (Wildman–Crippen MR) is 174 cm³/mol. The molecular weight excluding hydrogens is 582 g/mol. The van der Waals surface area contributed by atoms with Crippen molar-refractivity contribution in [2.24, 2.45) is 0 Å². The third kappa shape index (κ3) is 9.07. The summed E-state index contributed by atoms with van der Waals surface area (Å²) in [6.45, 7) is 4.23. The lowest BCUT2D eigenvalue weighted by atomic mass is 10.0. The molecule has 1 aliphatic carbocycles. The molecule has 3 aromatic carbocycles. The highest BCUT2D eigenvalue weighted by atomic mass is 35.5. The van der Waals surface area contributed by atoms with Crippen molar-refractivity contribution < 1.29 is 18.0 Å². The molecule has 1 fully saturated rings. The summed E-state index contributed by atoms with van der Waals surface area (Å²) in [5.41, 5.74) is 4.33. The first-order chi connectivity index (χ1) is 20.5. The van der Waals surface area contributed by atoms with E-state index in [0.717, 1.165) is 47.9 Å². The molecule has 0 aromatic heterocycles. The largest absolute Gasteiger partial charge is 0.352 e. The number of amides is 2. The van der Waals surface area contributed by atoms with Crippen LogP contribution in [0, 0.1) is 13.8 Å². The molecule has 0 heterocycles. The summed E-state index contributed by atoms with van der Waals surface area (Å²) in [7, 11) is -3.58. The van der Waals surface area contributed by atoms with Crippen LogP contribution in [0.15, 0.2) is 72.8 Å². The number of nitrogens with zero attached hydrogens (tertiary/aromatic N) is 2. The lowest BCUT2D eigenvalue weighted by Crippen LogP contribution is -2.52. The second kappa shape index (κ2) is 14.9. The highest BCUT2D eigenvalue weighted by Crippen LogP contribution is 2.25. The molecule has 0 aliphatic heterocycles. The summed E-state index contributed by atoms with van der Waals surface area (Å²) >= 11 is 6.53. The van der Waals surface area contributed by atoms with Crippen LogP contribution < -0.4 is 9.62 Å². The molecule has 1 aliphatic rings. The number of hydrogen-bond donors (Lipinski definition) is 1. The number of nitrogens with one attached hydrogen (secondary N) is 1.